The molecule has 1 aromatic heterocycles. The molecule has 1 aromatic rings. The van der Waals surface area contributed by atoms with Crippen molar-refractivity contribution in [3.63, 3.8) is 0 Å². The van der Waals surface area contributed by atoms with Crippen molar-refractivity contribution in [1.82, 2.24) is 10.3 Å². The Morgan fingerprint density at radius 2 is 2.21 bits per heavy atom. The van der Waals surface area contributed by atoms with Crippen LogP contribution in [0.3, 0.4) is 0 Å². The van der Waals surface area contributed by atoms with Crippen LogP contribution in [-0.4, -0.2) is 30.5 Å². The molecule has 0 radical (unpaired) electrons. The number of pyridine rings is 1. The van der Waals surface area contributed by atoms with Crippen molar-refractivity contribution >= 4 is 11.7 Å². The van der Waals surface area contributed by atoms with Crippen molar-refractivity contribution in [2.75, 3.05) is 24.5 Å². The largest absolute Gasteiger partial charge is 0.369 e. The van der Waals surface area contributed by atoms with Crippen LogP contribution in [0.25, 0.3) is 0 Å². The minimum absolute atomic E-state index is 0.0317. The number of nitrogens with one attached hydrogen (secondary N) is 1. The van der Waals surface area contributed by atoms with Crippen molar-refractivity contribution in [1.29, 1.82) is 0 Å². The van der Waals surface area contributed by atoms with Crippen LogP contribution in [0.4, 0.5) is 5.82 Å². The van der Waals surface area contributed by atoms with E-state index in [1.165, 1.54) is 5.56 Å². The van der Waals surface area contributed by atoms with Gasteiger partial charge in [-0.2, -0.15) is 0 Å². The van der Waals surface area contributed by atoms with Crippen molar-refractivity contribution in [3.8, 4) is 0 Å². The van der Waals surface area contributed by atoms with Gasteiger partial charge in [0.1, 0.15) is 5.82 Å². The van der Waals surface area contributed by atoms with Crippen LogP contribution in [0.5, 0.6) is 0 Å². The molecule has 5 nitrogen and oxygen atoms in total. The first-order valence-electron chi connectivity index (χ1n) is 6.90. The number of hydrogen-bond acceptors (Lipinski definition) is 4. The second kappa shape index (κ2) is 6.52. The number of anilines is 1. The van der Waals surface area contributed by atoms with Gasteiger partial charge in [0.15, 0.2) is 0 Å². The van der Waals surface area contributed by atoms with E-state index in [0.29, 0.717) is 0 Å². The fourth-order valence-electron chi connectivity index (χ4n) is 2.37. The number of amides is 1. The Morgan fingerprint density at radius 3 is 2.74 bits per heavy atom. The number of hydrogen-bond donors (Lipinski definition) is 2. The average molecular weight is 262 g/mol. The van der Waals surface area contributed by atoms with Gasteiger partial charge in [0.05, 0.1) is 0 Å². The summed E-state index contributed by atoms with van der Waals surface area (Å²) in [5, 5.41) is 3.28. The molecule has 3 N–H and O–H groups in total. The van der Waals surface area contributed by atoms with E-state index in [1.54, 1.807) is 0 Å². The van der Waals surface area contributed by atoms with Gasteiger partial charge in [-0.3, -0.25) is 4.79 Å². The van der Waals surface area contributed by atoms with Crippen molar-refractivity contribution in [2.45, 2.75) is 26.3 Å². The molecule has 1 saturated heterocycles. The molecule has 1 aliphatic rings. The summed E-state index contributed by atoms with van der Waals surface area (Å²) in [6, 6.07) is 4.16. The molecule has 1 amide bonds. The molecule has 0 bridgehead atoms. The number of nitrogens with two attached hydrogens (primary N) is 1. The van der Waals surface area contributed by atoms with E-state index in [2.05, 4.69) is 34.3 Å². The van der Waals surface area contributed by atoms with Crippen LogP contribution in [0, 0.1) is 5.92 Å². The van der Waals surface area contributed by atoms with Crippen LogP contribution in [0.2, 0.25) is 0 Å². The predicted molar refractivity (Wildman–Crippen MR) is 75.7 cm³/mol. The van der Waals surface area contributed by atoms with Gasteiger partial charge in [-0.25, -0.2) is 4.98 Å². The van der Waals surface area contributed by atoms with Gasteiger partial charge in [-0.15, -0.1) is 0 Å². The molecule has 5 heteroatoms. The molecule has 0 aromatic carbocycles. The molecule has 2 heterocycles. The highest BCUT2D eigenvalue weighted by molar-refractivity contribution is 5.76. The number of rotatable bonds is 5. The van der Waals surface area contributed by atoms with Crippen LogP contribution < -0.4 is 16.0 Å². The quantitative estimate of drug-likeness (QED) is 0.827. The van der Waals surface area contributed by atoms with Crippen molar-refractivity contribution in [3.05, 3.63) is 23.9 Å². The summed E-state index contributed by atoms with van der Waals surface area (Å²) in [6.07, 6.45) is 3.57. The van der Waals surface area contributed by atoms with Gasteiger partial charge < -0.3 is 16.0 Å². The second-order valence-corrected chi connectivity index (χ2v) is 4.97. The zero-order chi connectivity index (χ0) is 13.7. The lowest BCUT2D eigenvalue weighted by molar-refractivity contribution is -0.122. The molecule has 104 valence electrons. The zero-order valence-electron chi connectivity index (χ0n) is 11.4. The summed E-state index contributed by atoms with van der Waals surface area (Å²) in [5.74, 6) is 0.848. The highest BCUT2D eigenvalue weighted by Crippen LogP contribution is 2.21. The molecule has 0 unspecified atom stereocenters. The predicted octanol–water partition coefficient (Wildman–Crippen LogP) is 0.893. The summed E-state index contributed by atoms with van der Waals surface area (Å²) in [5.41, 5.74) is 6.53. The van der Waals surface area contributed by atoms with Gasteiger partial charge >= 0.3 is 0 Å². The van der Waals surface area contributed by atoms with E-state index in [4.69, 9.17) is 5.73 Å². The Bertz CT molecular complexity index is 410. The minimum atomic E-state index is -0.173. The van der Waals surface area contributed by atoms with Gasteiger partial charge in [0.25, 0.3) is 0 Å². The minimum Gasteiger partial charge on any atom is -0.369 e. The maximum Gasteiger partial charge on any atom is 0.220 e. The lowest BCUT2D eigenvalue weighted by Gasteiger charge is -2.31. The van der Waals surface area contributed by atoms with Crippen molar-refractivity contribution < 1.29 is 4.79 Å². The first-order chi connectivity index (χ1) is 9.20. The first-order valence-corrected chi connectivity index (χ1v) is 6.90. The zero-order valence-corrected chi connectivity index (χ0v) is 11.4. The Hall–Kier alpha value is -1.62. The lowest BCUT2D eigenvalue weighted by atomic mass is 9.96. The standard InChI is InChI=1S/C14H22N4O/c1-2-16-9-11-3-4-13(17-10-11)18-7-5-12(6-8-18)14(15)19/h3-4,10,12,16H,2,5-9H2,1H3,(H2,15,19). The lowest BCUT2D eigenvalue weighted by Crippen LogP contribution is -2.38. The molecule has 0 aliphatic carbocycles. The number of carbonyl (C=O) groups excluding carboxylic acids is 1. The highest BCUT2D eigenvalue weighted by atomic mass is 16.1. The summed E-state index contributed by atoms with van der Waals surface area (Å²) >= 11 is 0. The van der Waals surface area contributed by atoms with Crippen LogP contribution in [0.1, 0.15) is 25.3 Å². The third-order valence-corrected chi connectivity index (χ3v) is 3.61. The number of primary amides is 1. The number of piperidine rings is 1. The molecule has 2 rings (SSSR count). The summed E-state index contributed by atoms with van der Waals surface area (Å²) < 4.78 is 0. The van der Waals surface area contributed by atoms with E-state index in [-0.39, 0.29) is 11.8 Å². The summed E-state index contributed by atoms with van der Waals surface area (Å²) in [6.45, 7) is 5.61. The van der Waals surface area contributed by atoms with E-state index in [1.807, 2.05) is 6.20 Å². The number of aromatic nitrogens is 1. The van der Waals surface area contributed by atoms with E-state index < -0.39 is 0 Å². The summed E-state index contributed by atoms with van der Waals surface area (Å²) in [4.78, 5) is 17.8. The molecule has 1 fully saturated rings. The van der Waals surface area contributed by atoms with Gasteiger partial charge in [0, 0.05) is 31.7 Å². The normalized spacial score (nSPS) is 16.6. The molecule has 0 atom stereocenters. The Labute approximate surface area is 114 Å². The van der Waals surface area contributed by atoms with Crippen LogP contribution >= 0.6 is 0 Å². The SMILES string of the molecule is CCNCc1ccc(N2CCC(C(N)=O)CC2)nc1. The second-order valence-electron chi connectivity index (χ2n) is 4.97. The summed E-state index contributed by atoms with van der Waals surface area (Å²) in [7, 11) is 0. The van der Waals surface area contributed by atoms with Gasteiger partial charge in [0.2, 0.25) is 5.91 Å². The Morgan fingerprint density at radius 1 is 1.47 bits per heavy atom. The van der Waals surface area contributed by atoms with Crippen molar-refractivity contribution in [2.24, 2.45) is 11.7 Å². The molecular formula is C14H22N4O. The van der Waals surface area contributed by atoms with Crippen LogP contribution in [-0.2, 0) is 11.3 Å². The third-order valence-electron chi connectivity index (χ3n) is 3.61. The first kappa shape index (κ1) is 13.8. The number of nitrogens with zero attached hydrogens (tertiary/aromatic N) is 2. The highest BCUT2D eigenvalue weighted by Gasteiger charge is 2.23. The molecule has 0 spiro atoms. The fraction of sp³-hybridized carbons (Fsp3) is 0.571. The van der Waals surface area contributed by atoms with Gasteiger partial charge in [-0.05, 0) is 31.0 Å². The maximum atomic E-state index is 11.1. The van der Waals surface area contributed by atoms with E-state index >= 15 is 0 Å². The molecule has 1 aliphatic heterocycles. The molecule has 0 saturated carbocycles. The van der Waals surface area contributed by atoms with Crippen LogP contribution in [0.15, 0.2) is 18.3 Å². The maximum absolute atomic E-state index is 11.1. The molecule has 19 heavy (non-hydrogen) atoms. The third kappa shape index (κ3) is 3.67. The molecular weight excluding hydrogens is 240 g/mol. The topological polar surface area (TPSA) is 71.2 Å². The van der Waals surface area contributed by atoms with Gasteiger partial charge in [-0.1, -0.05) is 13.0 Å². The average Bonchev–Trinajstić information content (AvgIpc) is 2.46. The number of carbonyl (C=O) groups is 1. The Kier molecular flexibility index (Phi) is 4.74. The van der Waals surface area contributed by atoms with E-state index in [9.17, 15) is 4.79 Å². The smallest absolute Gasteiger partial charge is 0.220 e. The fourth-order valence-corrected chi connectivity index (χ4v) is 2.37. The monoisotopic (exact) mass is 262 g/mol. The Balaban J connectivity index is 1.90. The van der Waals surface area contributed by atoms with E-state index in [0.717, 1.165) is 44.8 Å².